The SMILES string of the molecule is Nc1nc(OCc2cccc(I)c2)c2ncn(CCCCCCCC[C@@H]3O[C@H](CO)[C@@H](O)[C@H](O)[C@H]3O)c2n1. The molecule has 3 aromatic rings. The molecule has 0 aliphatic carbocycles. The largest absolute Gasteiger partial charge is 0.471 e. The van der Waals surface area contributed by atoms with Gasteiger partial charge in [-0.25, -0.2) is 4.98 Å². The number of nitrogens with zero attached hydrogens (tertiary/aromatic N) is 4. The molecule has 12 heteroatoms. The smallest absolute Gasteiger partial charge is 0.247 e. The molecule has 208 valence electrons. The molecule has 1 aromatic carbocycles. The molecular weight excluding hydrogens is 605 g/mol. The molecule has 6 N–H and O–H groups in total. The van der Waals surface area contributed by atoms with Crippen LogP contribution < -0.4 is 10.5 Å². The molecule has 0 amide bonds. The molecule has 0 saturated carbocycles. The molecular formula is C26H36IN5O6. The minimum atomic E-state index is -1.30. The summed E-state index contributed by atoms with van der Waals surface area (Å²) >= 11 is 2.27. The fourth-order valence-electron chi connectivity index (χ4n) is 4.73. The van der Waals surface area contributed by atoms with Crippen molar-refractivity contribution in [1.29, 1.82) is 0 Å². The van der Waals surface area contributed by atoms with Gasteiger partial charge in [0.05, 0.1) is 19.0 Å². The van der Waals surface area contributed by atoms with Crippen LogP contribution in [0.4, 0.5) is 5.95 Å². The van der Waals surface area contributed by atoms with Gasteiger partial charge >= 0.3 is 0 Å². The monoisotopic (exact) mass is 641 g/mol. The highest BCUT2D eigenvalue weighted by atomic mass is 127. The van der Waals surface area contributed by atoms with Gasteiger partial charge in [-0.2, -0.15) is 9.97 Å². The summed E-state index contributed by atoms with van der Waals surface area (Å²) < 4.78 is 14.6. The second kappa shape index (κ2) is 13.8. The molecule has 11 nitrogen and oxygen atoms in total. The number of ether oxygens (including phenoxy) is 2. The lowest BCUT2D eigenvalue weighted by atomic mass is 9.92. The normalized spacial score (nSPS) is 23.7. The molecule has 1 fully saturated rings. The quantitative estimate of drug-likeness (QED) is 0.138. The van der Waals surface area contributed by atoms with Crippen molar-refractivity contribution < 1.29 is 29.9 Å². The third kappa shape index (κ3) is 7.30. The fourth-order valence-corrected chi connectivity index (χ4v) is 5.34. The van der Waals surface area contributed by atoms with E-state index in [1.807, 2.05) is 22.8 Å². The number of unbranched alkanes of at least 4 members (excludes halogenated alkanes) is 5. The van der Waals surface area contributed by atoms with Gasteiger partial charge in [0.15, 0.2) is 11.2 Å². The van der Waals surface area contributed by atoms with Crippen LogP contribution in [0, 0.1) is 3.57 Å². The number of imidazole rings is 1. The van der Waals surface area contributed by atoms with E-state index < -0.39 is 37.1 Å². The average Bonchev–Trinajstić information content (AvgIpc) is 3.31. The van der Waals surface area contributed by atoms with Crippen LogP contribution in [0.15, 0.2) is 30.6 Å². The van der Waals surface area contributed by atoms with Gasteiger partial charge in [0.2, 0.25) is 11.8 Å². The summed E-state index contributed by atoms with van der Waals surface area (Å²) in [5, 5.41) is 39.2. The lowest BCUT2D eigenvalue weighted by Gasteiger charge is -2.40. The van der Waals surface area contributed by atoms with E-state index in [0.29, 0.717) is 30.1 Å². The number of nitrogens with two attached hydrogens (primary N) is 1. The average molecular weight is 642 g/mol. The summed E-state index contributed by atoms with van der Waals surface area (Å²) in [5.74, 6) is 0.529. The molecule has 0 radical (unpaired) electrons. The van der Waals surface area contributed by atoms with Gasteiger partial charge in [-0.15, -0.1) is 0 Å². The number of halogens is 1. The summed E-state index contributed by atoms with van der Waals surface area (Å²) in [5.41, 5.74) is 8.25. The molecule has 2 aromatic heterocycles. The maximum absolute atomic E-state index is 10.1. The van der Waals surface area contributed by atoms with Gasteiger partial charge in [0.1, 0.15) is 31.0 Å². The molecule has 0 bridgehead atoms. The summed E-state index contributed by atoms with van der Waals surface area (Å²) in [6.07, 6.45) is 3.02. The first-order valence-electron chi connectivity index (χ1n) is 13.0. The highest BCUT2D eigenvalue weighted by molar-refractivity contribution is 14.1. The van der Waals surface area contributed by atoms with Crippen molar-refractivity contribution in [3.8, 4) is 5.88 Å². The van der Waals surface area contributed by atoms with Crippen LogP contribution in [-0.4, -0.2) is 77.1 Å². The molecule has 0 unspecified atom stereocenters. The van der Waals surface area contributed by atoms with E-state index in [1.54, 1.807) is 6.33 Å². The Morgan fingerprint density at radius 3 is 2.47 bits per heavy atom. The first-order valence-corrected chi connectivity index (χ1v) is 14.1. The van der Waals surface area contributed by atoms with Crippen molar-refractivity contribution >= 4 is 39.7 Å². The van der Waals surface area contributed by atoms with Gasteiger partial charge in [0, 0.05) is 10.1 Å². The van der Waals surface area contributed by atoms with Crippen LogP contribution in [0.25, 0.3) is 11.2 Å². The Kier molecular flexibility index (Phi) is 10.5. The molecule has 4 rings (SSSR count). The summed E-state index contributed by atoms with van der Waals surface area (Å²) in [7, 11) is 0. The van der Waals surface area contributed by atoms with Gasteiger partial charge in [-0.1, -0.05) is 44.2 Å². The minimum Gasteiger partial charge on any atom is -0.471 e. The number of hydrogen-bond donors (Lipinski definition) is 5. The molecule has 5 atom stereocenters. The number of aliphatic hydroxyl groups is 4. The predicted molar refractivity (Wildman–Crippen MR) is 149 cm³/mol. The zero-order chi connectivity index (χ0) is 27.1. The van der Waals surface area contributed by atoms with Crippen molar-refractivity contribution in [1.82, 2.24) is 19.5 Å². The van der Waals surface area contributed by atoms with Crippen molar-refractivity contribution in [2.75, 3.05) is 12.3 Å². The van der Waals surface area contributed by atoms with Crippen molar-refractivity contribution in [2.24, 2.45) is 0 Å². The Hall–Kier alpha value is -2.10. The van der Waals surface area contributed by atoms with Crippen molar-refractivity contribution in [3.05, 3.63) is 39.7 Å². The molecule has 3 heterocycles. The molecule has 0 spiro atoms. The first kappa shape index (κ1) is 28.9. The Bertz CT molecular complexity index is 1180. The van der Waals surface area contributed by atoms with E-state index in [1.165, 1.54) is 0 Å². The Balaban J connectivity index is 1.18. The number of aryl methyl sites for hydroxylation is 1. The minimum absolute atomic E-state index is 0.149. The lowest BCUT2D eigenvalue weighted by Crippen LogP contribution is -2.58. The zero-order valence-corrected chi connectivity index (χ0v) is 23.4. The molecule has 38 heavy (non-hydrogen) atoms. The predicted octanol–water partition coefficient (Wildman–Crippen LogP) is 2.17. The van der Waals surface area contributed by atoms with E-state index in [9.17, 15) is 20.4 Å². The number of benzene rings is 1. The van der Waals surface area contributed by atoms with Gasteiger partial charge in [-0.05, 0) is 53.1 Å². The van der Waals surface area contributed by atoms with Crippen LogP contribution in [0.5, 0.6) is 5.88 Å². The summed E-state index contributed by atoms with van der Waals surface area (Å²) in [4.78, 5) is 13.1. The highest BCUT2D eigenvalue weighted by Crippen LogP contribution is 2.26. The number of hydrogen-bond acceptors (Lipinski definition) is 10. The van der Waals surface area contributed by atoms with E-state index in [4.69, 9.17) is 15.2 Å². The van der Waals surface area contributed by atoms with Crippen LogP contribution in [-0.2, 0) is 17.9 Å². The van der Waals surface area contributed by atoms with E-state index in [0.717, 1.165) is 54.2 Å². The topological polar surface area (TPSA) is 169 Å². The molecule has 1 aliphatic heterocycles. The number of fused-ring (bicyclic) bond motifs is 1. The number of rotatable bonds is 13. The van der Waals surface area contributed by atoms with E-state index >= 15 is 0 Å². The number of nitrogen functional groups attached to an aromatic ring is 1. The number of aliphatic hydroxyl groups excluding tert-OH is 4. The fraction of sp³-hybridized carbons (Fsp3) is 0.577. The number of aromatic nitrogens is 4. The van der Waals surface area contributed by atoms with Crippen LogP contribution in [0.1, 0.15) is 50.5 Å². The van der Waals surface area contributed by atoms with E-state index in [-0.39, 0.29) is 5.95 Å². The van der Waals surface area contributed by atoms with Crippen LogP contribution in [0.2, 0.25) is 0 Å². The third-order valence-corrected chi connectivity index (χ3v) is 7.51. The van der Waals surface area contributed by atoms with Crippen molar-refractivity contribution in [2.45, 2.75) is 88.6 Å². The molecule has 1 aliphatic rings. The van der Waals surface area contributed by atoms with Gasteiger partial charge < -0.3 is 40.2 Å². The Morgan fingerprint density at radius 1 is 0.974 bits per heavy atom. The first-order chi connectivity index (χ1) is 18.4. The van der Waals surface area contributed by atoms with E-state index in [2.05, 4.69) is 43.6 Å². The molecule has 1 saturated heterocycles. The highest BCUT2D eigenvalue weighted by Gasteiger charge is 2.42. The van der Waals surface area contributed by atoms with Crippen molar-refractivity contribution in [3.63, 3.8) is 0 Å². The zero-order valence-electron chi connectivity index (χ0n) is 21.2. The second-order valence-corrected chi connectivity index (χ2v) is 10.9. The Morgan fingerprint density at radius 2 is 1.71 bits per heavy atom. The lowest BCUT2D eigenvalue weighted by molar-refractivity contribution is -0.230. The second-order valence-electron chi connectivity index (χ2n) is 9.69. The number of anilines is 1. The van der Waals surface area contributed by atoms with Gasteiger partial charge in [-0.3, -0.25) is 0 Å². The van der Waals surface area contributed by atoms with Crippen LogP contribution >= 0.6 is 22.6 Å². The van der Waals surface area contributed by atoms with Crippen LogP contribution in [0.3, 0.4) is 0 Å². The van der Waals surface area contributed by atoms with Gasteiger partial charge in [0.25, 0.3) is 0 Å². The third-order valence-electron chi connectivity index (χ3n) is 6.84. The maximum atomic E-state index is 10.1. The Labute approximate surface area is 235 Å². The standard InChI is InChI=1S/C26H36IN5O6/c27-17-9-7-8-16(12-17)14-37-25-20-24(30-26(28)31-25)32(15-29-20)11-6-4-2-1-3-5-10-18-21(34)23(36)22(35)19(13-33)38-18/h7-9,12,15,18-19,21-23,33-36H,1-6,10-11,13-14H2,(H2,28,30,31)/t18-,19+,21-,22+,23+/m0/s1. The maximum Gasteiger partial charge on any atom is 0.247 e. The summed E-state index contributed by atoms with van der Waals surface area (Å²) in [6.45, 7) is 0.730. The summed E-state index contributed by atoms with van der Waals surface area (Å²) in [6, 6.07) is 8.06.